The van der Waals surface area contributed by atoms with Gasteiger partial charge in [-0.15, -0.1) is 0 Å². The zero-order valence-electron chi connectivity index (χ0n) is 20.0. The summed E-state index contributed by atoms with van der Waals surface area (Å²) in [6.45, 7) is 0.447. The lowest BCUT2D eigenvalue weighted by Crippen LogP contribution is -2.25. The highest BCUT2D eigenvalue weighted by atomic mass is 16.5. The van der Waals surface area contributed by atoms with Crippen LogP contribution in [0.4, 0.5) is 0 Å². The lowest BCUT2D eigenvalue weighted by Gasteiger charge is -2.14. The molecule has 0 atom stereocenters. The summed E-state index contributed by atoms with van der Waals surface area (Å²) >= 11 is 0. The standard InChI is InChI=1S/C25H32N2O7/c1-31-19-11-9-18(10-12-19)20(25(29)26-13-7-5-6-8-23(28)27-30)14-17-15-21(32-2)24(34-4)22(16-17)33-3/h9-12,14-16,30H,5-8,13H2,1-4H3,(H,26,29)(H,27,28)/b20-14+. The number of nitrogens with one attached hydrogen (secondary N) is 2. The Morgan fingerprint density at radius 1 is 0.882 bits per heavy atom. The molecule has 34 heavy (non-hydrogen) atoms. The van der Waals surface area contributed by atoms with Crippen LogP contribution in [0.25, 0.3) is 11.6 Å². The summed E-state index contributed by atoms with van der Waals surface area (Å²) in [4.78, 5) is 24.2. The van der Waals surface area contributed by atoms with E-state index in [0.717, 1.165) is 6.42 Å². The minimum atomic E-state index is -0.417. The number of hydrogen-bond acceptors (Lipinski definition) is 7. The summed E-state index contributed by atoms with van der Waals surface area (Å²) in [5, 5.41) is 11.5. The Labute approximate surface area is 199 Å². The first kappa shape index (κ1) is 26.5. The van der Waals surface area contributed by atoms with Gasteiger partial charge in [0.25, 0.3) is 5.91 Å². The highest BCUT2D eigenvalue weighted by molar-refractivity contribution is 6.24. The number of ether oxygens (including phenoxy) is 4. The molecule has 0 heterocycles. The van der Waals surface area contributed by atoms with Crippen LogP contribution < -0.4 is 29.7 Å². The van der Waals surface area contributed by atoms with Crippen molar-refractivity contribution in [3.8, 4) is 23.0 Å². The maximum absolute atomic E-state index is 13.1. The van der Waals surface area contributed by atoms with Gasteiger partial charge in [0.1, 0.15) is 5.75 Å². The number of unbranched alkanes of at least 4 members (excludes halogenated alkanes) is 2. The predicted molar refractivity (Wildman–Crippen MR) is 128 cm³/mol. The van der Waals surface area contributed by atoms with Crippen molar-refractivity contribution in [2.24, 2.45) is 0 Å². The normalized spacial score (nSPS) is 10.9. The second-order valence-corrected chi connectivity index (χ2v) is 7.35. The molecule has 2 rings (SSSR count). The van der Waals surface area contributed by atoms with Gasteiger partial charge in [-0.2, -0.15) is 0 Å². The van der Waals surface area contributed by atoms with Gasteiger partial charge in [0.2, 0.25) is 11.7 Å². The molecule has 0 aromatic heterocycles. The van der Waals surface area contributed by atoms with Crippen LogP contribution in [0.15, 0.2) is 36.4 Å². The Morgan fingerprint density at radius 2 is 1.53 bits per heavy atom. The second kappa shape index (κ2) is 13.7. The quantitative estimate of drug-likeness (QED) is 0.134. The number of carbonyl (C=O) groups is 2. The van der Waals surface area contributed by atoms with Gasteiger partial charge in [0, 0.05) is 18.5 Å². The fraction of sp³-hybridized carbons (Fsp3) is 0.360. The van der Waals surface area contributed by atoms with Crippen molar-refractivity contribution in [1.29, 1.82) is 0 Å². The molecule has 0 aliphatic carbocycles. The van der Waals surface area contributed by atoms with Crippen LogP contribution in [0.3, 0.4) is 0 Å². The van der Waals surface area contributed by atoms with E-state index in [4.69, 9.17) is 24.2 Å². The van der Waals surface area contributed by atoms with Crippen LogP contribution in [-0.4, -0.2) is 52.0 Å². The number of benzene rings is 2. The SMILES string of the molecule is COc1ccc(/C(=C\c2cc(OC)c(OC)c(OC)c2)C(=O)NCCCCCC(=O)NO)cc1. The Morgan fingerprint density at radius 3 is 2.06 bits per heavy atom. The molecule has 0 saturated heterocycles. The number of carbonyl (C=O) groups excluding carboxylic acids is 2. The van der Waals surface area contributed by atoms with E-state index in [-0.39, 0.29) is 12.3 Å². The molecule has 2 aromatic rings. The van der Waals surface area contributed by atoms with E-state index >= 15 is 0 Å². The first-order valence-corrected chi connectivity index (χ1v) is 10.8. The molecule has 3 N–H and O–H groups in total. The van der Waals surface area contributed by atoms with Crippen molar-refractivity contribution in [2.75, 3.05) is 35.0 Å². The molecule has 0 unspecified atom stereocenters. The Hall–Kier alpha value is -3.72. The molecule has 0 aliphatic rings. The summed E-state index contributed by atoms with van der Waals surface area (Å²) in [5.74, 6) is 1.45. The predicted octanol–water partition coefficient (Wildman–Crippen LogP) is 3.44. The van der Waals surface area contributed by atoms with Gasteiger partial charge in [-0.3, -0.25) is 14.8 Å². The summed E-state index contributed by atoms with van der Waals surface area (Å²) in [5.41, 5.74) is 3.48. The average molecular weight is 473 g/mol. The van der Waals surface area contributed by atoms with E-state index in [1.54, 1.807) is 42.9 Å². The topological polar surface area (TPSA) is 115 Å². The van der Waals surface area contributed by atoms with Crippen LogP contribution in [0.5, 0.6) is 23.0 Å². The third-order valence-corrected chi connectivity index (χ3v) is 5.13. The molecule has 0 aliphatic heterocycles. The molecule has 0 bridgehead atoms. The van der Waals surface area contributed by atoms with Gasteiger partial charge >= 0.3 is 0 Å². The van der Waals surface area contributed by atoms with Crippen molar-refractivity contribution in [3.63, 3.8) is 0 Å². The molecule has 0 fully saturated rings. The molecule has 2 amide bonds. The number of hydroxylamine groups is 1. The third-order valence-electron chi connectivity index (χ3n) is 5.13. The molecular weight excluding hydrogens is 440 g/mol. The van der Waals surface area contributed by atoms with Crippen LogP contribution in [0.1, 0.15) is 36.8 Å². The number of amides is 2. The summed E-state index contributed by atoms with van der Waals surface area (Å²) < 4.78 is 21.5. The van der Waals surface area contributed by atoms with Crippen molar-refractivity contribution in [3.05, 3.63) is 47.5 Å². The number of methoxy groups -OCH3 is 4. The highest BCUT2D eigenvalue weighted by Gasteiger charge is 2.16. The van der Waals surface area contributed by atoms with Crippen molar-refractivity contribution < 1.29 is 33.7 Å². The monoisotopic (exact) mass is 472 g/mol. The van der Waals surface area contributed by atoms with Crippen molar-refractivity contribution >= 4 is 23.5 Å². The van der Waals surface area contributed by atoms with E-state index in [0.29, 0.717) is 59.1 Å². The first-order chi connectivity index (χ1) is 16.5. The minimum absolute atomic E-state index is 0.239. The summed E-state index contributed by atoms with van der Waals surface area (Å²) in [6, 6.07) is 10.7. The van der Waals surface area contributed by atoms with E-state index in [2.05, 4.69) is 5.32 Å². The summed E-state index contributed by atoms with van der Waals surface area (Å²) in [7, 11) is 6.18. The fourth-order valence-corrected chi connectivity index (χ4v) is 3.34. The van der Waals surface area contributed by atoms with Gasteiger partial charge in [0.05, 0.1) is 28.4 Å². The lowest BCUT2D eigenvalue weighted by atomic mass is 10.0. The van der Waals surface area contributed by atoms with E-state index in [1.165, 1.54) is 21.3 Å². The highest BCUT2D eigenvalue weighted by Crippen LogP contribution is 2.39. The maximum Gasteiger partial charge on any atom is 0.251 e. The Bertz CT molecular complexity index is 962. The largest absolute Gasteiger partial charge is 0.497 e. The van der Waals surface area contributed by atoms with E-state index < -0.39 is 5.91 Å². The van der Waals surface area contributed by atoms with Crippen LogP contribution in [0.2, 0.25) is 0 Å². The fourth-order valence-electron chi connectivity index (χ4n) is 3.34. The van der Waals surface area contributed by atoms with Crippen LogP contribution in [0, 0.1) is 0 Å². The van der Waals surface area contributed by atoms with Gasteiger partial charge in [-0.1, -0.05) is 18.6 Å². The second-order valence-electron chi connectivity index (χ2n) is 7.35. The summed E-state index contributed by atoms with van der Waals surface area (Å²) in [6.07, 6.45) is 4.05. The molecule has 9 heteroatoms. The Kier molecular flexibility index (Phi) is 10.7. The molecule has 2 aromatic carbocycles. The van der Waals surface area contributed by atoms with Crippen molar-refractivity contribution in [1.82, 2.24) is 10.8 Å². The van der Waals surface area contributed by atoms with Gasteiger partial charge in [-0.25, -0.2) is 5.48 Å². The maximum atomic E-state index is 13.1. The van der Waals surface area contributed by atoms with Crippen molar-refractivity contribution in [2.45, 2.75) is 25.7 Å². The lowest BCUT2D eigenvalue weighted by molar-refractivity contribution is -0.129. The minimum Gasteiger partial charge on any atom is -0.497 e. The van der Waals surface area contributed by atoms with Crippen LogP contribution >= 0.6 is 0 Å². The van der Waals surface area contributed by atoms with Crippen LogP contribution in [-0.2, 0) is 9.59 Å². The molecule has 0 radical (unpaired) electrons. The first-order valence-electron chi connectivity index (χ1n) is 10.8. The molecule has 0 saturated carbocycles. The van der Waals surface area contributed by atoms with Gasteiger partial charge in [0.15, 0.2) is 11.5 Å². The molecule has 184 valence electrons. The zero-order valence-corrected chi connectivity index (χ0v) is 20.0. The smallest absolute Gasteiger partial charge is 0.251 e. The van der Waals surface area contributed by atoms with E-state index in [1.807, 2.05) is 12.1 Å². The number of hydrogen-bond donors (Lipinski definition) is 3. The molecule has 0 spiro atoms. The third kappa shape index (κ3) is 7.41. The Balaban J connectivity index is 2.27. The zero-order chi connectivity index (χ0) is 24.9. The van der Waals surface area contributed by atoms with E-state index in [9.17, 15) is 9.59 Å². The average Bonchev–Trinajstić information content (AvgIpc) is 2.88. The van der Waals surface area contributed by atoms with Gasteiger partial charge < -0.3 is 24.3 Å². The molecular formula is C25H32N2O7. The molecule has 9 nitrogen and oxygen atoms in total. The number of rotatable bonds is 13. The van der Waals surface area contributed by atoms with Gasteiger partial charge in [-0.05, 0) is 54.3 Å².